The second kappa shape index (κ2) is 9.62. The number of nitrogens with zero attached hydrogens (tertiary/aromatic N) is 2. The minimum Gasteiger partial charge on any atom is -0.352 e. The standard InChI is InChI=1S/C22H28FN3O/c1-18(24-22(27)15-19-7-9-21(23)10-8-19)16-25-11-13-26(14-12-25)17-20-5-3-2-4-6-20/h2-10,18H,11-17H2,1H3,(H,24,27)/t18-/m0/s1. The van der Waals surface area contributed by atoms with Crippen molar-refractivity contribution in [3.05, 3.63) is 71.5 Å². The Hall–Kier alpha value is -2.24. The van der Waals surface area contributed by atoms with Gasteiger partial charge in [-0.1, -0.05) is 42.5 Å². The van der Waals surface area contributed by atoms with Gasteiger partial charge in [-0.25, -0.2) is 4.39 Å². The molecule has 144 valence electrons. The lowest BCUT2D eigenvalue weighted by atomic mass is 10.1. The lowest BCUT2D eigenvalue weighted by Gasteiger charge is -2.36. The fourth-order valence-electron chi connectivity index (χ4n) is 3.52. The normalized spacial score (nSPS) is 16.8. The van der Waals surface area contributed by atoms with E-state index in [4.69, 9.17) is 0 Å². The molecule has 1 N–H and O–H groups in total. The molecule has 1 aliphatic heterocycles. The molecule has 1 amide bonds. The van der Waals surface area contributed by atoms with E-state index in [2.05, 4.69) is 39.4 Å². The van der Waals surface area contributed by atoms with E-state index < -0.39 is 0 Å². The number of carbonyl (C=O) groups excluding carboxylic acids is 1. The number of amides is 1. The zero-order chi connectivity index (χ0) is 19.1. The largest absolute Gasteiger partial charge is 0.352 e. The van der Waals surface area contributed by atoms with Crippen LogP contribution in [-0.2, 0) is 17.8 Å². The van der Waals surface area contributed by atoms with E-state index in [1.54, 1.807) is 12.1 Å². The first-order valence-electron chi connectivity index (χ1n) is 9.61. The summed E-state index contributed by atoms with van der Waals surface area (Å²) in [5.74, 6) is -0.296. The van der Waals surface area contributed by atoms with Gasteiger partial charge in [0.1, 0.15) is 5.82 Å². The zero-order valence-corrected chi connectivity index (χ0v) is 15.9. The van der Waals surface area contributed by atoms with Crippen LogP contribution >= 0.6 is 0 Å². The Morgan fingerprint density at radius 3 is 2.26 bits per heavy atom. The fraction of sp³-hybridized carbons (Fsp3) is 0.409. The van der Waals surface area contributed by atoms with Crippen LogP contribution in [0, 0.1) is 5.82 Å². The smallest absolute Gasteiger partial charge is 0.224 e. The van der Waals surface area contributed by atoms with Crippen molar-refractivity contribution in [3.8, 4) is 0 Å². The molecular formula is C22H28FN3O. The summed E-state index contributed by atoms with van der Waals surface area (Å²) in [4.78, 5) is 17.1. The third-order valence-corrected chi connectivity index (χ3v) is 4.93. The molecule has 0 aliphatic carbocycles. The molecule has 5 heteroatoms. The molecule has 1 aliphatic rings. The summed E-state index contributed by atoms with van der Waals surface area (Å²) in [6.07, 6.45) is 0.287. The molecule has 0 spiro atoms. The van der Waals surface area contributed by atoms with Crippen LogP contribution in [0.15, 0.2) is 54.6 Å². The molecule has 2 aromatic rings. The van der Waals surface area contributed by atoms with Crippen molar-refractivity contribution in [1.82, 2.24) is 15.1 Å². The average molecular weight is 369 g/mol. The van der Waals surface area contributed by atoms with Gasteiger partial charge in [-0.15, -0.1) is 0 Å². The lowest BCUT2D eigenvalue weighted by Crippen LogP contribution is -2.50. The molecule has 1 saturated heterocycles. The number of rotatable bonds is 7. The first kappa shape index (κ1) is 19.5. The number of nitrogens with one attached hydrogen (secondary N) is 1. The second-order valence-corrected chi connectivity index (χ2v) is 7.33. The van der Waals surface area contributed by atoms with E-state index in [0.717, 1.165) is 44.8 Å². The summed E-state index contributed by atoms with van der Waals surface area (Å²) in [6.45, 7) is 8.03. The van der Waals surface area contributed by atoms with Crippen molar-refractivity contribution in [1.29, 1.82) is 0 Å². The summed E-state index contributed by atoms with van der Waals surface area (Å²) in [6, 6.07) is 16.8. The van der Waals surface area contributed by atoms with Gasteiger partial charge in [0.2, 0.25) is 5.91 Å². The van der Waals surface area contributed by atoms with Crippen LogP contribution < -0.4 is 5.32 Å². The molecular weight excluding hydrogens is 341 g/mol. The Bertz CT molecular complexity index is 712. The third kappa shape index (κ3) is 6.45. The summed E-state index contributed by atoms with van der Waals surface area (Å²) in [7, 11) is 0. The number of hydrogen-bond acceptors (Lipinski definition) is 3. The molecule has 4 nitrogen and oxygen atoms in total. The fourth-order valence-corrected chi connectivity index (χ4v) is 3.52. The van der Waals surface area contributed by atoms with Crippen molar-refractivity contribution in [2.45, 2.75) is 25.9 Å². The van der Waals surface area contributed by atoms with Gasteiger partial charge in [-0.05, 0) is 30.2 Å². The molecule has 2 aromatic carbocycles. The highest BCUT2D eigenvalue weighted by molar-refractivity contribution is 5.78. The van der Waals surface area contributed by atoms with Gasteiger partial charge in [0, 0.05) is 45.3 Å². The van der Waals surface area contributed by atoms with Crippen LogP contribution in [0.25, 0.3) is 0 Å². The van der Waals surface area contributed by atoms with Crippen molar-refractivity contribution < 1.29 is 9.18 Å². The van der Waals surface area contributed by atoms with Crippen LogP contribution in [0.2, 0.25) is 0 Å². The van der Waals surface area contributed by atoms with E-state index >= 15 is 0 Å². The summed E-state index contributed by atoms with van der Waals surface area (Å²) in [5.41, 5.74) is 2.18. The van der Waals surface area contributed by atoms with Crippen molar-refractivity contribution in [3.63, 3.8) is 0 Å². The molecule has 0 bridgehead atoms. The van der Waals surface area contributed by atoms with Crippen molar-refractivity contribution in [2.75, 3.05) is 32.7 Å². The molecule has 1 fully saturated rings. The van der Waals surface area contributed by atoms with Crippen molar-refractivity contribution in [2.24, 2.45) is 0 Å². The highest BCUT2D eigenvalue weighted by Crippen LogP contribution is 2.09. The highest BCUT2D eigenvalue weighted by Gasteiger charge is 2.19. The highest BCUT2D eigenvalue weighted by atomic mass is 19.1. The maximum Gasteiger partial charge on any atom is 0.224 e. The van der Waals surface area contributed by atoms with E-state index in [-0.39, 0.29) is 24.2 Å². The predicted molar refractivity (Wildman–Crippen MR) is 106 cm³/mol. The number of benzene rings is 2. The van der Waals surface area contributed by atoms with Gasteiger partial charge in [0.05, 0.1) is 6.42 Å². The lowest BCUT2D eigenvalue weighted by molar-refractivity contribution is -0.121. The van der Waals surface area contributed by atoms with E-state index in [1.165, 1.54) is 17.7 Å². The molecule has 3 rings (SSSR count). The first-order chi connectivity index (χ1) is 13.1. The Morgan fingerprint density at radius 2 is 1.59 bits per heavy atom. The number of carbonyl (C=O) groups is 1. The maximum absolute atomic E-state index is 12.9. The predicted octanol–water partition coefficient (Wildman–Crippen LogP) is 2.69. The minimum atomic E-state index is -0.279. The molecule has 27 heavy (non-hydrogen) atoms. The van der Waals surface area contributed by atoms with Gasteiger partial charge in [-0.2, -0.15) is 0 Å². The van der Waals surface area contributed by atoms with Crippen LogP contribution in [0.4, 0.5) is 4.39 Å². The minimum absolute atomic E-state index is 0.0168. The number of halogens is 1. The molecule has 1 heterocycles. The quantitative estimate of drug-likeness (QED) is 0.815. The Balaban J connectivity index is 1.37. The van der Waals surface area contributed by atoms with Gasteiger partial charge in [0.15, 0.2) is 0 Å². The second-order valence-electron chi connectivity index (χ2n) is 7.33. The monoisotopic (exact) mass is 369 g/mol. The number of hydrogen-bond donors (Lipinski definition) is 1. The summed E-state index contributed by atoms with van der Waals surface area (Å²) in [5, 5.41) is 3.05. The van der Waals surface area contributed by atoms with Crippen LogP contribution in [0.1, 0.15) is 18.1 Å². The van der Waals surface area contributed by atoms with Crippen LogP contribution in [-0.4, -0.2) is 54.5 Å². The van der Waals surface area contributed by atoms with Gasteiger partial charge >= 0.3 is 0 Å². The maximum atomic E-state index is 12.9. The average Bonchev–Trinajstić information content (AvgIpc) is 2.66. The van der Waals surface area contributed by atoms with E-state index in [0.29, 0.717) is 0 Å². The molecule has 0 aromatic heterocycles. The van der Waals surface area contributed by atoms with Gasteiger partial charge < -0.3 is 5.32 Å². The molecule has 0 unspecified atom stereocenters. The van der Waals surface area contributed by atoms with Gasteiger partial charge in [-0.3, -0.25) is 14.6 Å². The number of piperazine rings is 1. The summed E-state index contributed by atoms with van der Waals surface area (Å²) >= 11 is 0. The van der Waals surface area contributed by atoms with E-state index in [9.17, 15) is 9.18 Å². The molecule has 0 radical (unpaired) electrons. The SMILES string of the molecule is C[C@@H](CN1CCN(Cc2ccccc2)CC1)NC(=O)Cc1ccc(F)cc1. The zero-order valence-electron chi connectivity index (χ0n) is 15.9. The molecule has 0 saturated carbocycles. The van der Waals surface area contributed by atoms with Crippen molar-refractivity contribution >= 4 is 5.91 Å². The Kier molecular flexibility index (Phi) is 6.96. The van der Waals surface area contributed by atoms with Crippen LogP contribution in [0.3, 0.4) is 0 Å². The van der Waals surface area contributed by atoms with Crippen LogP contribution in [0.5, 0.6) is 0 Å². The Labute approximate surface area is 161 Å². The molecule has 1 atom stereocenters. The third-order valence-electron chi connectivity index (χ3n) is 4.93. The first-order valence-corrected chi connectivity index (χ1v) is 9.61. The Morgan fingerprint density at radius 1 is 0.963 bits per heavy atom. The summed E-state index contributed by atoms with van der Waals surface area (Å²) < 4.78 is 12.9. The topological polar surface area (TPSA) is 35.6 Å². The van der Waals surface area contributed by atoms with E-state index in [1.807, 2.05) is 13.0 Å². The van der Waals surface area contributed by atoms with Gasteiger partial charge in [0.25, 0.3) is 0 Å².